The van der Waals surface area contributed by atoms with Crippen molar-refractivity contribution in [2.75, 3.05) is 6.61 Å². The molecule has 0 spiro atoms. The molecule has 1 fully saturated rings. The van der Waals surface area contributed by atoms with Crippen LogP contribution in [0.4, 0.5) is 0 Å². The number of phosphoric ester groups is 1. The lowest BCUT2D eigenvalue weighted by molar-refractivity contribution is -0.0549. The van der Waals surface area contributed by atoms with Crippen LogP contribution in [0.2, 0.25) is 0 Å². The van der Waals surface area contributed by atoms with Crippen LogP contribution in [0.25, 0.3) is 0 Å². The number of aliphatic hydroxyl groups excluding tert-OH is 2. The van der Waals surface area contributed by atoms with E-state index in [1.54, 1.807) is 0 Å². The van der Waals surface area contributed by atoms with Gasteiger partial charge in [-0.25, -0.2) is 13.9 Å². The minimum Gasteiger partial charge on any atom is -0.387 e. The fraction of sp³-hybridized carbons (Fsp3) is 0.474. The molecule has 0 amide bonds. The number of phosphoric acid groups is 2. The van der Waals surface area contributed by atoms with Crippen molar-refractivity contribution in [1.29, 1.82) is 0 Å². The van der Waals surface area contributed by atoms with Gasteiger partial charge in [0, 0.05) is 24.2 Å². The molecule has 35 heavy (non-hydrogen) atoms. The summed E-state index contributed by atoms with van der Waals surface area (Å²) in [4.78, 5) is 52.3. The summed E-state index contributed by atoms with van der Waals surface area (Å²) in [5.74, 6) is 0. The van der Waals surface area contributed by atoms with Gasteiger partial charge in [0.15, 0.2) is 6.23 Å². The molecule has 14 nitrogen and oxygen atoms in total. The minimum atomic E-state index is -5.36. The van der Waals surface area contributed by atoms with Gasteiger partial charge in [-0.2, -0.15) is 4.31 Å². The highest BCUT2D eigenvalue weighted by Gasteiger charge is 2.46. The molecule has 0 bridgehead atoms. The third-order valence-corrected chi connectivity index (χ3v) is 7.58. The van der Waals surface area contributed by atoms with E-state index in [0.717, 1.165) is 27.0 Å². The van der Waals surface area contributed by atoms with Gasteiger partial charge in [0.1, 0.15) is 18.3 Å². The number of aromatic nitrogens is 2. The molecule has 2 heterocycles. The number of rotatable bonds is 9. The predicted molar refractivity (Wildman–Crippen MR) is 119 cm³/mol. The first-order valence-corrected chi connectivity index (χ1v) is 13.3. The van der Waals surface area contributed by atoms with Crippen LogP contribution in [0.1, 0.15) is 25.6 Å². The Morgan fingerprint density at radius 3 is 2.26 bits per heavy atom. The zero-order valence-electron chi connectivity index (χ0n) is 18.6. The van der Waals surface area contributed by atoms with Gasteiger partial charge in [-0.05, 0) is 5.56 Å². The van der Waals surface area contributed by atoms with Crippen LogP contribution in [0.3, 0.4) is 0 Å². The van der Waals surface area contributed by atoms with Crippen molar-refractivity contribution in [3.05, 3.63) is 69.0 Å². The normalized spacial score (nSPS) is 24.9. The third-order valence-electron chi connectivity index (χ3n) is 5.43. The van der Waals surface area contributed by atoms with E-state index in [-0.39, 0.29) is 6.54 Å². The van der Waals surface area contributed by atoms with E-state index in [4.69, 9.17) is 14.5 Å². The van der Waals surface area contributed by atoms with Crippen molar-refractivity contribution in [3.8, 4) is 0 Å². The van der Waals surface area contributed by atoms with Crippen molar-refractivity contribution in [3.63, 3.8) is 0 Å². The summed E-state index contributed by atoms with van der Waals surface area (Å²) in [7, 11) is -10.6. The van der Waals surface area contributed by atoms with Gasteiger partial charge in [0.05, 0.1) is 6.61 Å². The number of benzene rings is 1. The first kappa shape index (κ1) is 27.6. The molecular weight excluding hydrogens is 510 g/mol. The first-order chi connectivity index (χ1) is 16.1. The molecule has 1 aromatic heterocycles. The summed E-state index contributed by atoms with van der Waals surface area (Å²) in [6.07, 6.45) is -5.34. The Bertz CT molecular complexity index is 1250. The molecule has 194 valence electrons. The summed E-state index contributed by atoms with van der Waals surface area (Å²) in [6.45, 7) is 2.76. The lowest BCUT2D eigenvalue weighted by atomic mass is 9.84. The molecule has 0 radical (unpaired) electrons. The van der Waals surface area contributed by atoms with Gasteiger partial charge < -0.3 is 29.6 Å². The standard InChI is InChI=1S/C19H26N2O12P2/c1-19(2,12-6-4-3-5-7-12)11-21-14(22)8-9-20(18(21)25)17-16(24)15(23)13(32-17)10-31-35(29,30)33-34(26,27)28/h3-9,13,15-17,23-24H,10-11H2,1-2H3,(H,29,30)(H2,26,27,28)/t13-,15?,16+,17-/m1/s1. The van der Waals surface area contributed by atoms with E-state index in [0.29, 0.717) is 0 Å². The summed E-state index contributed by atoms with van der Waals surface area (Å²) >= 11 is 0. The highest BCUT2D eigenvalue weighted by molar-refractivity contribution is 7.60. The van der Waals surface area contributed by atoms with E-state index >= 15 is 0 Å². The smallest absolute Gasteiger partial charge is 0.387 e. The minimum absolute atomic E-state index is 0.0131. The SMILES string of the molecule is CC(C)(Cn1c(=O)ccn([C@@H]2O[C@H](COP(=O)(O)OP(=O)(O)O)C(O)[C@@H]2O)c1=O)c1ccccc1. The molecule has 5 atom stereocenters. The average Bonchev–Trinajstić information content (AvgIpc) is 3.03. The highest BCUT2D eigenvalue weighted by Crippen LogP contribution is 2.57. The Morgan fingerprint density at radius 1 is 1.03 bits per heavy atom. The fourth-order valence-corrected chi connectivity index (χ4v) is 5.27. The molecule has 1 aliphatic rings. The Labute approximate surface area is 198 Å². The number of hydrogen-bond acceptors (Lipinski definition) is 9. The monoisotopic (exact) mass is 536 g/mol. The maximum absolute atomic E-state index is 13.1. The lowest BCUT2D eigenvalue weighted by Gasteiger charge is -2.27. The van der Waals surface area contributed by atoms with E-state index in [9.17, 15) is 33.8 Å². The molecule has 2 aromatic rings. The second-order valence-corrected chi connectivity index (χ2v) is 11.4. The maximum atomic E-state index is 13.1. The molecule has 0 saturated carbocycles. The topological polar surface area (TPSA) is 207 Å². The summed E-state index contributed by atoms with van der Waals surface area (Å²) < 4.78 is 37.8. The third kappa shape index (κ3) is 6.63. The molecule has 2 unspecified atom stereocenters. The van der Waals surface area contributed by atoms with Crippen LogP contribution >= 0.6 is 15.6 Å². The van der Waals surface area contributed by atoms with Gasteiger partial charge in [0.2, 0.25) is 0 Å². The Kier molecular flexibility index (Phi) is 8.04. The molecular formula is C19H26N2O12P2. The van der Waals surface area contributed by atoms with E-state index in [2.05, 4.69) is 8.83 Å². The van der Waals surface area contributed by atoms with Gasteiger partial charge in [0.25, 0.3) is 5.56 Å². The Hall–Kier alpha value is -1.96. The number of aliphatic hydroxyl groups is 2. The predicted octanol–water partition coefficient (Wildman–Crippen LogP) is -0.167. The zero-order chi connectivity index (χ0) is 26.2. The van der Waals surface area contributed by atoms with Crippen molar-refractivity contribution in [2.45, 2.75) is 50.3 Å². The van der Waals surface area contributed by atoms with Crippen molar-refractivity contribution in [1.82, 2.24) is 9.13 Å². The molecule has 16 heteroatoms. The number of ether oxygens (including phenoxy) is 1. The quantitative estimate of drug-likeness (QED) is 0.265. The van der Waals surface area contributed by atoms with Crippen molar-refractivity contribution < 1.29 is 47.6 Å². The molecule has 1 aliphatic heterocycles. The highest BCUT2D eigenvalue weighted by atomic mass is 31.3. The summed E-state index contributed by atoms with van der Waals surface area (Å²) in [5.41, 5.74) is -1.19. The lowest BCUT2D eigenvalue weighted by Crippen LogP contribution is -2.45. The summed E-state index contributed by atoms with van der Waals surface area (Å²) in [5, 5.41) is 20.7. The van der Waals surface area contributed by atoms with Gasteiger partial charge in [-0.15, -0.1) is 0 Å². The van der Waals surface area contributed by atoms with Crippen LogP contribution in [0.5, 0.6) is 0 Å². The van der Waals surface area contributed by atoms with Crippen LogP contribution in [-0.4, -0.2) is 58.9 Å². The maximum Gasteiger partial charge on any atom is 0.481 e. The van der Waals surface area contributed by atoms with Crippen LogP contribution in [-0.2, 0) is 34.7 Å². The molecule has 3 rings (SSSR count). The zero-order valence-corrected chi connectivity index (χ0v) is 20.4. The van der Waals surface area contributed by atoms with Crippen LogP contribution < -0.4 is 11.2 Å². The van der Waals surface area contributed by atoms with Gasteiger partial charge in [-0.3, -0.25) is 18.5 Å². The molecule has 1 aromatic carbocycles. The van der Waals surface area contributed by atoms with Crippen molar-refractivity contribution >= 4 is 15.6 Å². The Balaban J connectivity index is 1.82. The van der Waals surface area contributed by atoms with Crippen molar-refractivity contribution in [2.24, 2.45) is 0 Å². The molecule has 5 N–H and O–H groups in total. The first-order valence-electron chi connectivity index (χ1n) is 10.2. The molecule has 0 aliphatic carbocycles. The van der Waals surface area contributed by atoms with Crippen LogP contribution in [0.15, 0.2) is 52.2 Å². The van der Waals surface area contributed by atoms with Crippen LogP contribution in [0, 0.1) is 0 Å². The fourth-order valence-electron chi connectivity index (χ4n) is 3.67. The van der Waals surface area contributed by atoms with Gasteiger partial charge in [-0.1, -0.05) is 44.2 Å². The number of nitrogens with zero attached hydrogens (tertiary/aromatic N) is 2. The second kappa shape index (κ2) is 10.2. The average molecular weight is 536 g/mol. The van der Waals surface area contributed by atoms with E-state index in [1.165, 1.54) is 0 Å². The van der Waals surface area contributed by atoms with E-state index in [1.807, 2.05) is 44.2 Å². The Morgan fingerprint density at radius 2 is 1.66 bits per heavy atom. The van der Waals surface area contributed by atoms with Gasteiger partial charge >= 0.3 is 21.3 Å². The van der Waals surface area contributed by atoms with E-state index < -0.39 is 63.5 Å². The number of hydrogen-bond donors (Lipinski definition) is 5. The largest absolute Gasteiger partial charge is 0.481 e. The second-order valence-electron chi connectivity index (χ2n) is 8.56. The summed E-state index contributed by atoms with van der Waals surface area (Å²) in [6, 6.07) is 10.3. The molecule has 1 saturated heterocycles.